The zero-order chi connectivity index (χ0) is 22.1. The van der Waals surface area contributed by atoms with Crippen LogP contribution < -0.4 is 5.32 Å². The van der Waals surface area contributed by atoms with Crippen LogP contribution in [0.1, 0.15) is 37.4 Å². The number of halogens is 2. The average molecular weight is 440 g/mol. The minimum Gasteiger partial charge on any atom is -0.383 e. The van der Waals surface area contributed by atoms with E-state index in [9.17, 15) is 18.4 Å². The average Bonchev–Trinajstić information content (AvgIpc) is 3.32. The summed E-state index contributed by atoms with van der Waals surface area (Å²) in [7, 11) is 1.59. The lowest BCUT2D eigenvalue weighted by molar-refractivity contribution is -0.137. The summed E-state index contributed by atoms with van der Waals surface area (Å²) in [5.41, 5.74) is 0.722. The Hall–Kier alpha value is -2.23. The standard InChI is InChI=1S/C21H31F2N5O3/c1-13-9-18-24-16(11-17(20(22)23)28(18)25-13)14-3-5-26(6-4-14)21(30)15-10-19(29)27(12-15)7-8-31-2/h9,14-17,20,24H,3-8,10-12H2,1-2H3/t15?,16-,17+/m0/s1. The van der Waals surface area contributed by atoms with Crippen molar-refractivity contribution in [2.45, 2.75) is 51.1 Å². The maximum absolute atomic E-state index is 13.6. The van der Waals surface area contributed by atoms with Crippen LogP contribution >= 0.6 is 0 Å². The van der Waals surface area contributed by atoms with Crippen LogP contribution in [-0.4, -0.2) is 83.8 Å². The van der Waals surface area contributed by atoms with Gasteiger partial charge in [-0.2, -0.15) is 5.10 Å². The number of aryl methyl sites for hydroxylation is 1. The number of likely N-dealkylation sites (tertiary alicyclic amines) is 2. The number of piperidine rings is 1. The Morgan fingerprint density at radius 3 is 2.77 bits per heavy atom. The monoisotopic (exact) mass is 439 g/mol. The molecule has 172 valence electrons. The fourth-order valence-corrected chi connectivity index (χ4v) is 5.14. The van der Waals surface area contributed by atoms with Gasteiger partial charge in [-0.1, -0.05) is 0 Å². The smallest absolute Gasteiger partial charge is 0.260 e. The number of carbonyl (C=O) groups is 2. The topological polar surface area (TPSA) is 79.7 Å². The molecule has 1 aromatic heterocycles. The minimum atomic E-state index is -2.47. The van der Waals surface area contributed by atoms with Crippen molar-refractivity contribution in [2.75, 3.05) is 45.2 Å². The van der Waals surface area contributed by atoms with E-state index in [2.05, 4.69) is 10.4 Å². The lowest BCUT2D eigenvalue weighted by Gasteiger charge is -2.41. The normalized spacial score (nSPS) is 27.0. The van der Waals surface area contributed by atoms with Crippen molar-refractivity contribution in [2.24, 2.45) is 11.8 Å². The van der Waals surface area contributed by atoms with E-state index in [0.717, 1.165) is 18.5 Å². The van der Waals surface area contributed by atoms with Gasteiger partial charge in [0.1, 0.15) is 11.9 Å². The maximum atomic E-state index is 13.6. The van der Waals surface area contributed by atoms with Crippen molar-refractivity contribution >= 4 is 17.6 Å². The lowest BCUT2D eigenvalue weighted by Crippen LogP contribution is -2.47. The minimum absolute atomic E-state index is 0.00152. The van der Waals surface area contributed by atoms with Crippen molar-refractivity contribution in [3.63, 3.8) is 0 Å². The largest absolute Gasteiger partial charge is 0.383 e. The number of amides is 2. The molecule has 1 N–H and O–H groups in total. The highest BCUT2D eigenvalue weighted by Crippen LogP contribution is 2.37. The van der Waals surface area contributed by atoms with Crippen LogP contribution in [0.15, 0.2) is 6.07 Å². The Bertz CT molecular complexity index is 809. The van der Waals surface area contributed by atoms with Gasteiger partial charge in [0.2, 0.25) is 11.8 Å². The Labute approximate surface area is 180 Å². The van der Waals surface area contributed by atoms with E-state index in [1.54, 1.807) is 18.9 Å². The first-order chi connectivity index (χ1) is 14.9. The quantitative estimate of drug-likeness (QED) is 0.733. The third-order valence-electron chi connectivity index (χ3n) is 6.84. The molecular weight excluding hydrogens is 408 g/mol. The van der Waals surface area contributed by atoms with Crippen LogP contribution in [0, 0.1) is 18.8 Å². The van der Waals surface area contributed by atoms with Crippen molar-refractivity contribution in [3.05, 3.63) is 11.8 Å². The number of hydrogen-bond donors (Lipinski definition) is 1. The fourth-order valence-electron chi connectivity index (χ4n) is 5.14. The summed E-state index contributed by atoms with van der Waals surface area (Å²) in [6.07, 6.45) is -0.353. The number of methoxy groups -OCH3 is 1. The number of hydrogen-bond acceptors (Lipinski definition) is 5. The summed E-state index contributed by atoms with van der Waals surface area (Å²) in [6, 6.07) is 0.835. The second-order valence-corrected chi connectivity index (χ2v) is 8.90. The van der Waals surface area contributed by atoms with Crippen LogP contribution in [0.25, 0.3) is 0 Å². The molecule has 2 amide bonds. The third-order valence-corrected chi connectivity index (χ3v) is 6.84. The number of nitrogens with zero attached hydrogens (tertiary/aromatic N) is 4. The number of anilines is 1. The van der Waals surface area contributed by atoms with Crippen molar-refractivity contribution in [1.82, 2.24) is 19.6 Å². The lowest BCUT2D eigenvalue weighted by atomic mass is 9.84. The summed E-state index contributed by atoms with van der Waals surface area (Å²) in [5, 5.41) is 7.63. The van der Waals surface area contributed by atoms with Crippen molar-refractivity contribution < 1.29 is 23.1 Å². The second-order valence-electron chi connectivity index (χ2n) is 8.90. The molecule has 3 atom stereocenters. The highest BCUT2D eigenvalue weighted by Gasteiger charge is 2.40. The maximum Gasteiger partial charge on any atom is 0.260 e. The van der Waals surface area contributed by atoms with E-state index in [1.807, 2.05) is 11.0 Å². The molecule has 2 saturated heterocycles. The predicted octanol–water partition coefficient (Wildman–Crippen LogP) is 1.92. The van der Waals surface area contributed by atoms with Crippen LogP contribution in [0.4, 0.5) is 14.6 Å². The summed E-state index contributed by atoms with van der Waals surface area (Å²) in [5.74, 6) is 0.606. The van der Waals surface area contributed by atoms with Gasteiger partial charge in [-0.25, -0.2) is 13.5 Å². The van der Waals surface area contributed by atoms with Gasteiger partial charge >= 0.3 is 0 Å². The fraction of sp³-hybridized carbons (Fsp3) is 0.762. The van der Waals surface area contributed by atoms with Crippen LogP contribution in [0.5, 0.6) is 0 Å². The highest BCUT2D eigenvalue weighted by atomic mass is 19.3. The van der Waals surface area contributed by atoms with E-state index in [0.29, 0.717) is 45.0 Å². The summed E-state index contributed by atoms with van der Waals surface area (Å²) >= 11 is 0. The van der Waals surface area contributed by atoms with E-state index in [4.69, 9.17) is 4.74 Å². The molecule has 4 rings (SSSR count). The first-order valence-corrected chi connectivity index (χ1v) is 11.0. The van der Waals surface area contributed by atoms with Crippen molar-refractivity contribution in [1.29, 1.82) is 0 Å². The van der Waals surface area contributed by atoms with Gasteiger partial charge in [-0.15, -0.1) is 0 Å². The summed E-state index contributed by atoms with van der Waals surface area (Å²) in [4.78, 5) is 28.6. The first-order valence-electron chi connectivity index (χ1n) is 11.0. The second kappa shape index (κ2) is 9.10. The van der Waals surface area contributed by atoms with E-state index >= 15 is 0 Å². The predicted molar refractivity (Wildman–Crippen MR) is 110 cm³/mol. The molecule has 2 fully saturated rings. The number of aromatic nitrogens is 2. The molecule has 0 aromatic carbocycles. The van der Waals surface area contributed by atoms with Gasteiger partial charge in [-0.3, -0.25) is 9.59 Å². The van der Waals surface area contributed by atoms with E-state index in [-0.39, 0.29) is 36.1 Å². The Morgan fingerprint density at radius 1 is 1.35 bits per heavy atom. The van der Waals surface area contributed by atoms with Gasteiger partial charge in [0.05, 0.1) is 18.2 Å². The SMILES string of the molecule is COCCN1CC(C(=O)N2CCC([C@@H]3C[C@H](C(F)F)n4nc(C)cc4N3)CC2)CC1=O. The van der Waals surface area contributed by atoms with Gasteiger partial charge in [0.25, 0.3) is 6.43 Å². The molecule has 0 radical (unpaired) electrons. The number of fused-ring (bicyclic) bond motifs is 1. The molecule has 31 heavy (non-hydrogen) atoms. The Kier molecular flexibility index (Phi) is 6.45. The molecule has 8 nitrogen and oxygen atoms in total. The number of carbonyl (C=O) groups excluding carboxylic acids is 2. The molecule has 0 aliphatic carbocycles. The number of ether oxygens (including phenoxy) is 1. The molecular formula is C21H31F2N5O3. The molecule has 1 unspecified atom stereocenters. The van der Waals surface area contributed by atoms with Crippen LogP contribution in [0.3, 0.4) is 0 Å². The Morgan fingerprint density at radius 2 is 2.10 bits per heavy atom. The number of alkyl halides is 2. The van der Waals surface area contributed by atoms with Crippen LogP contribution in [-0.2, 0) is 14.3 Å². The molecule has 0 spiro atoms. The van der Waals surface area contributed by atoms with Gasteiger partial charge in [0.15, 0.2) is 0 Å². The summed E-state index contributed by atoms with van der Waals surface area (Å²) < 4.78 is 33.7. The van der Waals surface area contributed by atoms with Gasteiger partial charge in [-0.05, 0) is 32.1 Å². The van der Waals surface area contributed by atoms with Gasteiger partial charge in [0, 0.05) is 51.8 Å². The van der Waals surface area contributed by atoms with E-state index in [1.165, 1.54) is 4.68 Å². The third kappa shape index (κ3) is 4.53. The van der Waals surface area contributed by atoms with Crippen molar-refractivity contribution in [3.8, 4) is 0 Å². The molecule has 4 heterocycles. The van der Waals surface area contributed by atoms with E-state index < -0.39 is 12.5 Å². The highest BCUT2D eigenvalue weighted by molar-refractivity contribution is 5.89. The number of nitrogens with one attached hydrogen (secondary N) is 1. The van der Waals surface area contributed by atoms with Gasteiger partial charge < -0.3 is 19.9 Å². The van der Waals surface area contributed by atoms with Crippen LogP contribution in [0.2, 0.25) is 0 Å². The molecule has 1 aromatic rings. The molecule has 0 bridgehead atoms. The number of rotatable bonds is 6. The first kappa shape index (κ1) is 22.0. The summed E-state index contributed by atoms with van der Waals surface area (Å²) in [6.45, 7) is 4.42. The zero-order valence-corrected chi connectivity index (χ0v) is 18.1. The molecule has 3 aliphatic rings. The molecule has 10 heteroatoms. The molecule has 3 aliphatic heterocycles. The molecule has 0 saturated carbocycles. The Balaban J connectivity index is 1.33. The zero-order valence-electron chi connectivity index (χ0n) is 18.1.